The molecule has 0 spiro atoms. The van der Waals surface area contributed by atoms with Crippen LogP contribution in [0.1, 0.15) is 16.7 Å². The van der Waals surface area contributed by atoms with Crippen LogP contribution in [0.25, 0.3) is 10.2 Å². The first-order valence-electron chi connectivity index (χ1n) is 8.79. The Morgan fingerprint density at radius 3 is 2.50 bits per heavy atom. The van der Waals surface area contributed by atoms with Crippen molar-refractivity contribution in [1.82, 2.24) is 4.57 Å². The van der Waals surface area contributed by atoms with Crippen molar-refractivity contribution in [3.63, 3.8) is 0 Å². The number of aromatic nitrogens is 1. The van der Waals surface area contributed by atoms with Gasteiger partial charge in [-0.25, -0.2) is 0 Å². The summed E-state index contributed by atoms with van der Waals surface area (Å²) in [6, 6.07) is 9.74. The van der Waals surface area contributed by atoms with Crippen LogP contribution in [0.4, 0.5) is 0 Å². The number of thiazole rings is 1. The molecule has 1 amide bonds. The molecule has 0 aliphatic heterocycles. The van der Waals surface area contributed by atoms with Crippen LogP contribution < -0.4 is 14.3 Å². The summed E-state index contributed by atoms with van der Waals surface area (Å²) < 4.78 is 13.5. The molecule has 144 valence electrons. The predicted molar refractivity (Wildman–Crippen MR) is 112 cm³/mol. The Morgan fingerprint density at radius 2 is 1.86 bits per heavy atom. The van der Waals surface area contributed by atoms with E-state index in [-0.39, 0.29) is 12.3 Å². The first kappa shape index (κ1) is 19.7. The van der Waals surface area contributed by atoms with Crippen molar-refractivity contribution < 1.29 is 14.3 Å². The molecule has 6 heteroatoms. The first-order chi connectivity index (χ1) is 13.5. The minimum absolute atomic E-state index is 0.209. The SMILES string of the molecule is C#CCn1c(=NC(=O)Cc2ccc(C)c(C)c2)sc2cc(OC)c(OC)cc21. The van der Waals surface area contributed by atoms with Crippen LogP contribution in [-0.2, 0) is 17.8 Å². The van der Waals surface area contributed by atoms with Crippen LogP contribution in [0.3, 0.4) is 0 Å². The van der Waals surface area contributed by atoms with Crippen molar-refractivity contribution in [3.05, 3.63) is 51.8 Å². The Hall–Kier alpha value is -3.04. The number of carbonyl (C=O) groups is 1. The zero-order valence-electron chi connectivity index (χ0n) is 16.4. The molecule has 0 saturated heterocycles. The number of benzene rings is 2. The number of amides is 1. The molecule has 3 rings (SSSR count). The van der Waals surface area contributed by atoms with Gasteiger partial charge in [0.1, 0.15) is 0 Å². The van der Waals surface area contributed by atoms with E-state index in [9.17, 15) is 4.79 Å². The van der Waals surface area contributed by atoms with Crippen LogP contribution in [0.5, 0.6) is 11.5 Å². The summed E-state index contributed by atoms with van der Waals surface area (Å²) in [6.07, 6.45) is 5.79. The third-order valence-electron chi connectivity index (χ3n) is 4.58. The second-order valence-corrected chi connectivity index (χ2v) is 7.46. The van der Waals surface area contributed by atoms with Gasteiger partial charge in [-0.2, -0.15) is 4.99 Å². The first-order valence-corrected chi connectivity index (χ1v) is 9.61. The van der Waals surface area contributed by atoms with Gasteiger partial charge in [0.2, 0.25) is 0 Å². The second kappa shape index (κ2) is 8.32. The summed E-state index contributed by atoms with van der Waals surface area (Å²) in [5.74, 6) is 3.65. The smallest absolute Gasteiger partial charge is 0.252 e. The Balaban J connectivity index is 2.05. The quantitative estimate of drug-likeness (QED) is 0.621. The summed E-state index contributed by atoms with van der Waals surface area (Å²) in [6.45, 7) is 4.40. The van der Waals surface area contributed by atoms with Crippen LogP contribution in [-0.4, -0.2) is 24.7 Å². The standard InChI is InChI=1S/C22H22N2O3S/c1-6-9-24-17-12-18(26-4)19(27-5)13-20(17)28-22(24)23-21(25)11-16-8-7-14(2)15(3)10-16/h1,7-8,10,12-13H,9,11H2,2-5H3. The van der Waals surface area contributed by atoms with Crippen molar-refractivity contribution in [1.29, 1.82) is 0 Å². The molecule has 0 aliphatic rings. The van der Waals surface area contributed by atoms with E-state index in [0.29, 0.717) is 22.8 Å². The van der Waals surface area contributed by atoms with Gasteiger partial charge in [0.15, 0.2) is 16.3 Å². The third-order valence-corrected chi connectivity index (χ3v) is 5.63. The third kappa shape index (κ3) is 3.95. The predicted octanol–water partition coefficient (Wildman–Crippen LogP) is 3.64. The number of nitrogens with zero attached hydrogens (tertiary/aromatic N) is 2. The number of rotatable bonds is 5. The molecule has 0 N–H and O–H groups in total. The zero-order chi connectivity index (χ0) is 20.3. The number of hydrogen-bond donors (Lipinski definition) is 0. The lowest BCUT2D eigenvalue weighted by Crippen LogP contribution is -2.17. The fraction of sp³-hybridized carbons (Fsp3) is 0.273. The van der Waals surface area contributed by atoms with E-state index in [4.69, 9.17) is 15.9 Å². The molecule has 0 unspecified atom stereocenters. The largest absolute Gasteiger partial charge is 0.493 e. The number of carbonyl (C=O) groups excluding carboxylic acids is 1. The van der Waals surface area contributed by atoms with Gasteiger partial charge >= 0.3 is 0 Å². The van der Waals surface area contributed by atoms with E-state index in [0.717, 1.165) is 21.3 Å². The molecule has 0 fully saturated rings. The van der Waals surface area contributed by atoms with Crippen LogP contribution in [0.2, 0.25) is 0 Å². The Bertz CT molecular complexity index is 1150. The van der Waals surface area contributed by atoms with Gasteiger partial charge in [-0.05, 0) is 30.5 Å². The lowest BCUT2D eigenvalue weighted by molar-refractivity contribution is -0.117. The highest BCUT2D eigenvalue weighted by Crippen LogP contribution is 2.33. The van der Waals surface area contributed by atoms with E-state index >= 15 is 0 Å². The maximum Gasteiger partial charge on any atom is 0.252 e. The minimum Gasteiger partial charge on any atom is -0.493 e. The monoisotopic (exact) mass is 394 g/mol. The Morgan fingerprint density at radius 1 is 1.14 bits per heavy atom. The lowest BCUT2D eigenvalue weighted by atomic mass is 10.0. The number of hydrogen-bond acceptors (Lipinski definition) is 4. The Kier molecular flexibility index (Phi) is 5.86. The normalized spacial score (nSPS) is 11.5. The molecule has 28 heavy (non-hydrogen) atoms. The molecule has 1 aromatic heterocycles. The Labute approximate surface area is 168 Å². The summed E-state index contributed by atoms with van der Waals surface area (Å²) in [5.41, 5.74) is 4.17. The highest BCUT2D eigenvalue weighted by atomic mass is 32.1. The molecule has 0 atom stereocenters. The topological polar surface area (TPSA) is 52.8 Å². The van der Waals surface area contributed by atoms with E-state index in [1.807, 2.05) is 48.7 Å². The molecule has 1 heterocycles. The van der Waals surface area contributed by atoms with Gasteiger partial charge in [-0.1, -0.05) is 35.5 Å². The van der Waals surface area contributed by atoms with Crippen molar-refractivity contribution in [2.24, 2.45) is 4.99 Å². The van der Waals surface area contributed by atoms with E-state index < -0.39 is 0 Å². The number of methoxy groups -OCH3 is 2. The lowest BCUT2D eigenvalue weighted by Gasteiger charge is -2.08. The molecule has 0 aliphatic carbocycles. The van der Waals surface area contributed by atoms with Gasteiger partial charge < -0.3 is 14.0 Å². The summed E-state index contributed by atoms with van der Waals surface area (Å²) in [7, 11) is 3.17. The van der Waals surface area contributed by atoms with Crippen molar-refractivity contribution in [2.75, 3.05) is 14.2 Å². The number of terminal acetylenes is 1. The minimum atomic E-state index is -0.209. The maximum atomic E-state index is 12.6. The highest BCUT2D eigenvalue weighted by Gasteiger charge is 2.13. The molecule has 2 aromatic carbocycles. The van der Waals surface area contributed by atoms with Crippen molar-refractivity contribution in [2.45, 2.75) is 26.8 Å². The van der Waals surface area contributed by atoms with Gasteiger partial charge in [0.05, 0.1) is 37.4 Å². The fourth-order valence-corrected chi connectivity index (χ4v) is 4.02. The van der Waals surface area contributed by atoms with E-state index in [1.54, 1.807) is 14.2 Å². The van der Waals surface area contributed by atoms with Gasteiger partial charge in [0, 0.05) is 12.1 Å². The summed E-state index contributed by atoms with van der Waals surface area (Å²) >= 11 is 1.40. The summed E-state index contributed by atoms with van der Waals surface area (Å²) in [5, 5.41) is 0. The summed E-state index contributed by atoms with van der Waals surface area (Å²) in [4.78, 5) is 17.5. The van der Waals surface area contributed by atoms with Crippen molar-refractivity contribution in [3.8, 4) is 23.8 Å². The van der Waals surface area contributed by atoms with Crippen molar-refractivity contribution >= 4 is 27.5 Å². The van der Waals surface area contributed by atoms with Gasteiger partial charge in [-0.15, -0.1) is 6.42 Å². The average molecular weight is 394 g/mol. The van der Waals surface area contributed by atoms with Crippen LogP contribution >= 0.6 is 11.3 Å². The number of aryl methyl sites for hydroxylation is 2. The van der Waals surface area contributed by atoms with E-state index in [1.165, 1.54) is 16.9 Å². The molecule has 5 nitrogen and oxygen atoms in total. The molecule has 0 saturated carbocycles. The molecular weight excluding hydrogens is 372 g/mol. The van der Waals surface area contributed by atoms with Crippen LogP contribution in [0.15, 0.2) is 35.3 Å². The molecule has 0 bridgehead atoms. The number of fused-ring (bicyclic) bond motifs is 1. The fourth-order valence-electron chi connectivity index (χ4n) is 2.96. The number of ether oxygens (including phenoxy) is 2. The molecule has 0 radical (unpaired) electrons. The maximum absolute atomic E-state index is 12.6. The highest BCUT2D eigenvalue weighted by molar-refractivity contribution is 7.16. The molecular formula is C22H22N2O3S. The van der Waals surface area contributed by atoms with E-state index in [2.05, 4.69) is 10.9 Å². The van der Waals surface area contributed by atoms with Gasteiger partial charge in [0.25, 0.3) is 5.91 Å². The van der Waals surface area contributed by atoms with Crippen LogP contribution in [0, 0.1) is 26.2 Å². The zero-order valence-corrected chi connectivity index (χ0v) is 17.2. The molecule has 3 aromatic rings. The second-order valence-electron chi connectivity index (χ2n) is 6.45. The van der Waals surface area contributed by atoms with Gasteiger partial charge in [-0.3, -0.25) is 4.79 Å². The average Bonchev–Trinajstić information content (AvgIpc) is 2.99.